The highest BCUT2D eigenvalue weighted by atomic mass is 16.5. The molecule has 0 saturated carbocycles. The first-order chi connectivity index (χ1) is 12.8. The van der Waals surface area contributed by atoms with Crippen LogP contribution in [0.3, 0.4) is 0 Å². The molecule has 4 aromatic rings. The maximum Gasteiger partial charge on any atom is 0.212 e. The van der Waals surface area contributed by atoms with E-state index in [2.05, 4.69) is 4.98 Å². The van der Waals surface area contributed by atoms with Gasteiger partial charge in [0.1, 0.15) is 18.1 Å². The monoisotopic (exact) mass is 337 g/mol. The number of fused-ring (bicyclic) bond motifs is 2. The van der Waals surface area contributed by atoms with E-state index in [0.29, 0.717) is 23.6 Å². The molecular weight excluding hydrogens is 322 g/mol. The smallest absolute Gasteiger partial charge is 0.212 e. The van der Waals surface area contributed by atoms with Gasteiger partial charge in [-0.25, -0.2) is 0 Å². The fourth-order valence-electron chi connectivity index (χ4n) is 3.53. The molecule has 0 atom stereocenters. The Bertz CT molecular complexity index is 1140. The van der Waals surface area contributed by atoms with Gasteiger partial charge in [-0.3, -0.25) is 9.78 Å². The van der Waals surface area contributed by atoms with Crippen molar-refractivity contribution in [2.24, 2.45) is 0 Å². The lowest BCUT2D eigenvalue weighted by Gasteiger charge is -2.19. The summed E-state index contributed by atoms with van der Waals surface area (Å²) in [4.78, 5) is 17.4. The third-order valence-corrected chi connectivity index (χ3v) is 4.78. The van der Waals surface area contributed by atoms with Crippen LogP contribution in [0.5, 0.6) is 5.75 Å². The van der Waals surface area contributed by atoms with E-state index in [0.717, 1.165) is 27.5 Å². The molecule has 1 aromatic heterocycles. The quantitative estimate of drug-likeness (QED) is 0.464. The fraction of sp³-hybridized carbons (Fsp3) is 0.0435. The van der Waals surface area contributed by atoms with Crippen molar-refractivity contribution in [1.82, 2.24) is 4.98 Å². The Morgan fingerprint density at radius 2 is 1.69 bits per heavy atom. The Morgan fingerprint density at radius 3 is 2.58 bits per heavy atom. The fourth-order valence-corrected chi connectivity index (χ4v) is 3.53. The number of ether oxygens (including phenoxy) is 1. The van der Waals surface area contributed by atoms with Gasteiger partial charge in [-0.1, -0.05) is 48.5 Å². The number of aromatic nitrogens is 1. The molecule has 3 aromatic carbocycles. The van der Waals surface area contributed by atoms with Crippen LogP contribution in [0.2, 0.25) is 0 Å². The third-order valence-electron chi connectivity index (χ3n) is 4.78. The predicted molar refractivity (Wildman–Crippen MR) is 101 cm³/mol. The van der Waals surface area contributed by atoms with Crippen molar-refractivity contribution >= 4 is 16.6 Å². The lowest BCUT2D eigenvalue weighted by atomic mass is 9.85. The van der Waals surface area contributed by atoms with Crippen LogP contribution in [0.4, 0.5) is 0 Å². The Morgan fingerprint density at radius 1 is 0.808 bits per heavy atom. The SMILES string of the molecule is O=C1c2cc(OCc3ccccc3)ccc2-c2cccc3ccnc1c23. The van der Waals surface area contributed by atoms with E-state index in [1.165, 1.54) is 0 Å². The average Bonchev–Trinajstić information content (AvgIpc) is 2.71. The van der Waals surface area contributed by atoms with Crippen molar-refractivity contribution in [2.45, 2.75) is 6.61 Å². The highest BCUT2D eigenvalue weighted by Crippen LogP contribution is 2.39. The second kappa shape index (κ2) is 5.81. The van der Waals surface area contributed by atoms with E-state index in [1.54, 1.807) is 6.20 Å². The van der Waals surface area contributed by atoms with E-state index in [-0.39, 0.29) is 5.78 Å². The molecule has 1 aliphatic carbocycles. The Balaban J connectivity index is 1.57. The minimum Gasteiger partial charge on any atom is -0.489 e. The standard InChI is InChI=1S/C23H15NO2/c25-23-20-13-17(26-14-15-5-2-1-3-6-15)9-10-18(20)19-8-4-7-16-11-12-24-22(23)21(16)19/h1-13H,14H2. The summed E-state index contributed by atoms with van der Waals surface area (Å²) in [6.07, 6.45) is 1.69. The van der Waals surface area contributed by atoms with Crippen LogP contribution >= 0.6 is 0 Å². The number of benzene rings is 3. The summed E-state index contributed by atoms with van der Waals surface area (Å²) >= 11 is 0. The zero-order chi connectivity index (χ0) is 17.5. The number of carbonyl (C=O) groups is 1. The Kier molecular flexibility index (Phi) is 3.32. The van der Waals surface area contributed by atoms with Gasteiger partial charge >= 0.3 is 0 Å². The van der Waals surface area contributed by atoms with Crippen LogP contribution in [0.25, 0.3) is 21.9 Å². The van der Waals surface area contributed by atoms with Crippen molar-refractivity contribution in [1.29, 1.82) is 0 Å². The van der Waals surface area contributed by atoms with Crippen molar-refractivity contribution in [3.05, 3.63) is 95.8 Å². The van der Waals surface area contributed by atoms with Crippen LogP contribution < -0.4 is 4.74 Å². The van der Waals surface area contributed by atoms with Crippen LogP contribution in [0.15, 0.2) is 79.0 Å². The summed E-state index contributed by atoms with van der Waals surface area (Å²) in [7, 11) is 0. The molecule has 1 aliphatic rings. The molecule has 0 unspecified atom stereocenters. The number of rotatable bonds is 3. The van der Waals surface area contributed by atoms with Crippen molar-refractivity contribution in [3.63, 3.8) is 0 Å². The van der Waals surface area contributed by atoms with Crippen molar-refractivity contribution in [2.75, 3.05) is 0 Å². The molecular formula is C23H15NO2. The van der Waals surface area contributed by atoms with E-state index in [9.17, 15) is 4.79 Å². The molecule has 0 N–H and O–H groups in total. The molecule has 1 heterocycles. The van der Waals surface area contributed by atoms with Gasteiger partial charge in [0.05, 0.1) is 0 Å². The Labute approximate surface area is 150 Å². The maximum atomic E-state index is 13.0. The van der Waals surface area contributed by atoms with Crippen LogP contribution in [0.1, 0.15) is 21.6 Å². The van der Waals surface area contributed by atoms with E-state index >= 15 is 0 Å². The average molecular weight is 337 g/mol. The molecule has 0 fully saturated rings. The summed E-state index contributed by atoms with van der Waals surface area (Å²) in [6.45, 7) is 0.470. The van der Waals surface area contributed by atoms with Gasteiger partial charge in [-0.2, -0.15) is 0 Å². The molecule has 3 nitrogen and oxygen atoms in total. The first kappa shape index (κ1) is 14.8. The minimum absolute atomic E-state index is 0.0468. The molecule has 0 spiro atoms. The van der Waals surface area contributed by atoms with Crippen molar-refractivity contribution < 1.29 is 9.53 Å². The second-order valence-corrected chi connectivity index (χ2v) is 6.37. The van der Waals surface area contributed by atoms with Crippen LogP contribution in [-0.2, 0) is 6.61 Å². The summed E-state index contributed by atoms with van der Waals surface area (Å²) in [5.41, 5.74) is 4.25. The molecule has 0 aliphatic heterocycles. The Hall–Kier alpha value is -3.46. The molecule has 0 saturated heterocycles. The van der Waals surface area contributed by atoms with E-state index in [4.69, 9.17) is 4.74 Å². The first-order valence-electron chi connectivity index (χ1n) is 8.55. The zero-order valence-electron chi connectivity index (χ0n) is 14.0. The number of nitrogens with zero attached hydrogens (tertiary/aromatic N) is 1. The molecule has 0 bridgehead atoms. The largest absolute Gasteiger partial charge is 0.489 e. The van der Waals surface area contributed by atoms with Gasteiger partial charge in [0.25, 0.3) is 0 Å². The van der Waals surface area contributed by atoms with Gasteiger partial charge in [0.15, 0.2) is 0 Å². The third kappa shape index (κ3) is 2.29. The van der Waals surface area contributed by atoms with E-state index < -0.39 is 0 Å². The highest BCUT2D eigenvalue weighted by Gasteiger charge is 2.26. The first-order valence-corrected chi connectivity index (χ1v) is 8.55. The van der Waals surface area contributed by atoms with E-state index in [1.807, 2.05) is 72.8 Å². The summed E-state index contributed by atoms with van der Waals surface area (Å²) in [5.74, 6) is 0.641. The number of ketones is 1. The second-order valence-electron chi connectivity index (χ2n) is 6.37. The van der Waals surface area contributed by atoms with Gasteiger partial charge < -0.3 is 4.74 Å². The number of hydrogen-bond donors (Lipinski definition) is 0. The molecule has 5 rings (SSSR count). The lowest BCUT2D eigenvalue weighted by molar-refractivity contribution is 0.103. The number of carbonyl (C=O) groups excluding carboxylic acids is 1. The number of hydrogen-bond acceptors (Lipinski definition) is 3. The van der Waals surface area contributed by atoms with Crippen LogP contribution in [0, 0.1) is 0 Å². The van der Waals surface area contributed by atoms with Gasteiger partial charge in [-0.15, -0.1) is 0 Å². The predicted octanol–water partition coefficient (Wildman–Crippen LogP) is 5.03. The highest BCUT2D eigenvalue weighted by molar-refractivity contribution is 6.24. The van der Waals surface area contributed by atoms with Crippen LogP contribution in [-0.4, -0.2) is 10.8 Å². The van der Waals surface area contributed by atoms with Gasteiger partial charge in [0, 0.05) is 17.1 Å². The maximum absolute atomic E-state index is 13.0. The molecule has 124 valence electrons. The zero-order valence-corrected chi connectivity index (χ0v) is 14.0. The lowest BCUT2D eigenvalue weighted by Crippen LogP contribution is -2.12. The topological polar surface area (TPSA) is 39.2 Å². The van der Waals surface area contributed by atoms with Gasteiger partial charge in [0.2, 0.25) is 5.78 Å². The molecule has 0 amide bonds. The summed E-state index contributed by atoms with van der Waals surface area (Å²) < 4.78 is 5.89. The summed E-state index contributed by atoms with van der Waals surface area (Å²) in [6, 6.07) is 23.7. The van der Waals surface area contributed by atoms with Gasteiger partial charge in [-0.05, 0) is 46.3 Å². The molecule has 26 heavy (non-hydrogen) atoms. The van der Waals surface area contributed by atoms with Crippen molar-refractivity contribution in [3.8, 4) is 16.9 Å². The molecule has 3 heteroatoms. The molecule has 0 radical (unpaired) electrons. The normalized spacial score (nSPS) is 12.1. The summed E-state index contributed by atoms with van der Waals surface area (Å²) in [5, 5.41) is 1.97. The number of pyridine rings is 1. The minimum atomic E-state index is -0.0468.